The highest BCUT2D eigenvalue weighted by molar-refractivity contribution is 9.10. The molecule has 2 amide bonds. The molecule has 0 N–H and O–H groups in total. The van der Waals surface area contributed by atoms with E-state index >= 15 is 0 Å². The van der Waals surface area contributed by atoms with Gasteiger partial charge in [0, 0.05) is 41.4 Å². The molecular formula is C28H29BrN6O3. The minimum absolute atomic E-state index is 0.160. The highest BCUT2D eigenvalue weighted by atomic mass is 79.9. The lowest BCUT2D eigenvalue weighted by Crippen LogP contribution is -2.46. The predicted octanol–water partition coefficient (Wildman–Crippen LogP) is 5.49. The first-order valence-electron chi connectivity index (χ1n) is 12.8. The normalized spacial score (nSPS) is 21.0. The Morgan fingerprint density at radius 1 is 1.18 bits per heavy atom. The Hall–Kier alpha value is -3.63. The maximum Gasteiger partial charge on any atom is 0.330 e. The van der Waals surface area contributed by atoms with Crippen LogP contribution >= 0.6 is 15.9 Å². The number of urea groups is 1. The molecule has 3 aliphatic heterocycles. The summed E-state index contributed by atoms with van der Waals surface area (Å²) in [5, 5.41) is 0. The SMILES string of the molecule is CN1C(=O)N(c2ccccc2Br)Cc2cnc(N(C3=COC=CO3)C3=CC=CCC3CN3CCCC3)nc21. The number of amides is 2. The Bertz CT molecular complexity index is 1350. The van der Waals surface area contributed by atoms with Crippen LogP contribution in [0.15, 0.2) is 83.5 Å². The molecule has 2 aromatic rings. The molecule has 1 atom stereocenters. The fraction of sp³-hybridized carbons (Fsp3) is 0.321. The highest BCUT2D eigenvalue weighted by Crippen LogP contribution is 2.37. The zero-order valence-electron chi connectivity index (χ0n) is 21.2. The van der Waals surface area contributed by atoms with E-state index in [1.54, 1.807) is 29.3 Å². The van der Waals surface area contributed by atoms with Crippen molar-refractivity contribution in [2.75, 3.05) is 41.4 Å². The Balaban J connectivity index is 1.36. The number of anilines is 3. The van der Waals surface area contributed by atoms with Gasteiger partial charge in [-0.3, -0.25) is 9.80 Å². The van der Waals surface area contributed by atoms with E-state index in [1.165, 1.54) is 25.4 Å². The van der Waals surface area contributed by atoms with Gasteiger partial charge in [-0.1, -0.05) is 24.3 Å². The third-order valence-corrected chi connectivity index (χ3v) is 7.90. The molecule has 0 spiro atoms. The Kier molecular flexibility index (Phi) is 6.90. The minimum Gasteiger partial charge on any atom is -0.464 e. The number of allylic oxidation sites excluding steroid dienone is 3. The molecule has 1 aromatic heterocycles. The number of para-hydroxylation sites is 1. The standard InChI is InChI=1S/C28H29BrN6O3/c1-32-26-21(18-34(28(32)36)24-11-5-3-9-22(24)29)16-30-27(31-26)35(25-19-37-14-15-38-25)23-10-4-2-8-20(23)17-33-12-6-7-13-33/h2-5,9-11,14-16,19-20H,6-8,12-13,17-18H2,1H3. The van der Waals surface area contributed by atoms with Gasteiger partial charge in [0.05, 0.1) is 12.2 Å². The molecule has 4 heterocycles. The summed E-state index contributed by atoms with van der Waals surface area (Å²) in [6.07, 6.45) is 16.1. The Morgan fingerprint density at radius 3 is 2.82 bits per heavy atom. The smallest absolute Gasteiger partial charge is 0.330 e. The molecular weight excluding hydrogens is 548 g/mol. The molecule has 0 bridgehead atoms. The van der Waals surface area contributed by atoms with Gasteiger partial charge in [-0.05, 0) is 66.5 Å². The van der Waals surface area contributed by atoms with Gasteiger partial charge in [0.1, 0.15) is 18.3 Å². The second-order valence-electron chi connectivity index (χ2n) is 9.68. The number of nitrogens with zero attached hydrogens (tertiary/aromatic N) is 6. The molecule has 1 aliphatic carbocycles. The highest BCUT2D eigenvalue weighted by Gasteiger charge is 2.35. The number of carbonyl (C=O) groups excluding carboxylic acids is 1. The lowest BCUT2D eigenvalue weighted by molar-refractivity contribution is 0.244. The number of fused-ring (bicyclic) bond motifs is 1. The van der Waals surface area contributed by atoms with Crippen molar-refractivity contribution in [3.63, 3.8) is 0 Å². The van der Waals surface area contributed by atoms with Crippen LogP contribution in [0.3, 0.4) is 0 Å². The lowest BCUT2D eigenvalue weighted by atomic mass is 9.95. The van der Waals surface area contributed by atoms with Crippen molar-refractivity contribution in [3.8, 4) is 0 Å². The molecule has 1 fully saturated rings. The zero-order valence-corrected chi connectivity index (χ0v) is 22.7. The summed E-state index contributed by atoms with van der Waals surface area (Å²) < 4.78 is 12.2. The molecule has 4 aliphatic rings. The maximum atomic E-state index is 13.4. The molecule has 38 heavy (non-hydrogen) atoms. The van der Waals surface area contributed by atoms with Crippen LogP contribution in [0, 0.1) is 5.92 Å². The fourth-order valence-electron chi connectivity index (χ4n) is 5.34. The van der Waals surface area contributed by atoms with Crippen molar-refractivity contribution in [2.24, 2.45) is 5.92 Å². The van der Waals surface area contributed by atoms with Crippen molar-refractivity contribution >= 4 is 39.4 Å². The van der Waals surface area contributed by atoms with Crippen LogP contribution in [-0.2, 0) is 16.0 Å². The molecule has 1 aromatic carbocycles. The first-order chi connectivity index (χ1) is 18.6. The van der Waals surface area contributed by atoms with Crippen molar-refractivity contribution in [2.45, 2.75) is 25.8 Å². The molecule has 10 heteroatoms. The summed E-state index contributed by atoms with van der Waals surface area (Å²) in [6.45, 7) is 3.56. The molecule has 6 rings (SSSR count). The van der Waals surface area contributed by atoms with Gasteiger partial charge in [0.25, 0.3) is 0 Å². The molecule has 9 nitrogen and oxygen atoms in total. The average molecular weight is 577 g/mol. The lowest BCUT2D eigenvalue weighted by Gasteiger charge is -2.37. The number of likely N-dealkylation sites (tertiary alicyclic amines) is 1. The second kappa shape index (κ2) is 10.6. The van der Waals surface area contributed by atoms with Crippen molar-refractivity contribution < 1.29 is 14.3 Å². The number of carbonyl (C=O) groups is 1. The van der Waals surface area contributed by atoms with E-state index in [0.29, 0.717) is 24.2 Å². The minimum atomic E-state index is -0.160. The quantitative estimate of drug-likeness (QED) is 0.449. The number of hydrogen-bond acceptors (Lipinski definition) is 7. The first kappa shape index (κ1) is 24.7. The van der Waals surface area contributed by atoms with E-state index in [2.05, 4.69) is 39.1 Å². The van der Waals surface area contributed by atoms with Gasteiger partial charge >= 0.3 is 6.03 Å². The van der Waals surface area contributed by atoms with Crippen LogP contribution in [0.4, 0.5) is 22.2 Å². The zero-order chi connectivity index (χ0) is 26.1. The monoisotopic (exact) mass is 576 g/mol. The summed E-state index contributed by atoms with van der Waals surface area (Å²) in [6, 6.07) is 7.53. The van der Waals surface area contributed by atoms with Crippen molar-refractivity contribution in [3.05, 3.63) is 89.1 Å². The Labute approximate surface area is 230 Å². The summed E-state index contributed by atoms with van der Waals surface area (Å²) >= 11 is 3.57. The van der Waals surface area contributed by atoms with E-state index in [1.807, 2.05) is 29.2 Å². The summed E-state index contributed by atoms with van der Waals surface area (Å²) in [4.78, 5) is 30.8. The molecule has 0 radical (unpaired) electrons. The number of aromatic nitrogens is 2. The van der Waals surface area contributed by atoms with E-state index in [4.69, 9.17) is 19.4 Å². The number of benzene rings is 1. The average Bonchev–Trinajstić information content (AvgIpc) is 3.46. The van der Waals surface area contributed by atoms with E-state index < -0.39 is 0 Å². The van der Waals surface area contributed by atoms with Crippen LogP contribution in [-0.4, -0.2) is 47.6 Å². The first-order valence-corrected chi connectivity index (χ1v) is 13.6. The topological polar surface area (TPSA) is 74.3 Å². The number of rotatable bonds is 6. The third-order valence-electron chi connectivity index (χ3n) is 7.23. The van der Waals surface area contributed by atoms with E-state index in [0.717, 1.165) is 47.5 Å². The van der Waals surface area contributed by atoms with Gasteiger partial charge in [0.15, 0.2) is 6.26 Å². The van der Waals surface area contributed by atoms with Gasteiger partial charge in [-0.2, -0.15) is 4.98 Å². The Morgan fingerprint density at radius 2 is 2.03 bits per heavy atom. The largest absolute Gasteiger partial charge is 0.464 e. The molecule has 0 saturated carbocycles. The predicted molar refractivity (Wildman–Crippen MR) is 149 cm³/mol. The summed E-state index contributed by atoms with van der Waals surface area (Å²) in [7, 11) is 1.74. The van der Waals surface area contributed by atoms with Crippen LogP contribution in [0.5, 0.6) is 0 Å². The van der Waals surface area contributed by atoms with Crippen molar-refractivity contribution in [1.29, 1.82) is 0 Å². The number of ether oxygens (including phenoxy) is 2. The molecule has 1 saturated heterocycles. The number of halogens is 1. The van der Waals surface area contributed by atoms with Gasteiger partial charge < -0.3 is 14.4 Å². The number of hydrogen-bond donors (Lipinski definition) is 0. The summed E-state index contributed by atoms with van der Waals surface area (Å²) in [5.41, 5.74) is 2.69. The van der Waals surface area contributed by atoms with Gasteiger partial charge in [0.2, 0.25) is 11.8 Å². The van der Waals surface area contributed by atoms with Gasteiger partial charge in [-0.25, -0.2) is 14.7 Å². The summed E-state index contributed by atoms with van der Waals surface area (Å²) in [5.74, 6) is 1.71. The second-order valence-corrected chi connectivity index (χ2v) is 10.5. The van der Waals surface area contributed by atoms with E-state index in [9.17, 15) is 4.79 Å². The maximum absolute atomic E-state index is 13.4. The van der Waals surface area contributed by atoms with Gasteiger partial charge in [-0.15, -0.1) is 0 Å². The molecule has 196 valence electrons. The molecule has 1 unspecified atom stereocenters. The van der Waals surface area contributed by atoms with Crippen LogP contribution in [0.2, 0.25) is 0 Å². The van der Waals surface area contributed by atoms with Crippen LogP contribution in [0.25, 0.3) is 0 Å². The van der Waals surface area contributed by atoms with Crippen molar-refractivity contribution in [1.82, 2.24) is 14.9 Å². The van der Waals surface area contributed by atoms with E-state index in [-0.39, 0.29) is 11.9 Å². The van der Waals surface area contributed by atoms with Crippen LogP contribution < -0.4 is 14.7 Å². The third kappa shape index (κ3) is 4.69. The van der Waals surface area contributed by atoms with Crippen LogP contribution in [0.1, 0.15) is 24.8 Å². The fourth-order valence-corrected chi connectivity index (χ4v) is 5.84.